The number of aromatic nitrogens is 1. The van der Waals surface area contributed by atoms with Crippen molar-refractivity contribution in [1.82, 2.24) is 4.98 Å². The van der Waals surface area contributed by atoms with Gasteiger partial charge in [-0.1, -0.05) is 29.9 Å². The molecule has 1 aromatic rings. The lowest BCUT2D eigenvalue weighted by atomic mass is 10.0. The van der Waals surface area contributed by atoms with Crippen LogP contribution in [-0.4, -0.2) is 31.2 Å². The average molecular weight is 275 g/mol. The second-order valence-electron chi connectivity index (χ2n) is 4.30. The zero-order valence-electron chi connectivity index (χ0n) is 9.90. The molecule has 0 amide bonds. The fraction of sp³-hybridized carbons (Fsp3) is 0.636. The number of halogens is 1. The Morgan fingerprint density at radius 2 is 2.41 bits per heavy atom. The van der Waals surface area contributed by atoms with Crippen molar-refractivity contribution < 1.29 is 9.53 Å². The van der Waals surface area contributed by atoms with E-state index in [9.17, 15) is 4.79 Å². The molecule has 1 unspecified atom stereocenters. The third kappa shape index (κ3) is 2.72. The summed E-state index contributed by atoms with van der Waals surface area (Å²) in [6, 6.07) is 0. The molecule has 6 heteroatoms. The van der Waals surface area contributed by atoms with Crippen molar-refractivity contribution in [2.75, 3.05) is 25.1 Å². The van der Waals surface area contributed by atoms with Gasteiger partial charge in [-0.25, -0.2) is 9.78 Å². The number of thiazole rings is 1. The van der Waals surface area contributed by atoms with Crippen LogP contribution in [0.25, 0.3) is 0 Å². The van der Waals surface area contributed by atoms with E-state index in [2.05, 4.69) is 21.5 Å². The highest BCUT2D eigenvalue weighted by atomic mass is 35.5. The van der Waals surface area contributed by atoms with Crippen LogP contribution >= 0.6 is 22.9 Å². The second-order valence-corrected chi connectivity index (χ2v) is 5.64. The Hall–Kier alpha value is -0.810. The molecule has 0 bridgehead atoms. The lowest BCUT2D eigenvalue weighted by molar-refractivity contribution is 0.0606. The molecular formula is C11H15ClN2O2S. The first-order valence-electron chi connectivity index (χ1n) is 5.61. The lowest BCUT2D eigenvalue weighted by Crippen LogP contribution is -2.34. The Balaban J connectivity index is 2.19. The van der Waals surface area contributed by atoms with Crippen molar-refractivity contribution in [2.24, 2.45) is 5.92 Å². The zero-order chi connectivity index (χ0) is 12.4. The van der Waals surface area contributed by atoms with Crippen molar-refractivity contribution >= 4 is 34.0 Å². The first kappa shape index (κ1) is 12.6. The van der Waals surface area contributed by atoms with Crippen LogP contribution in [0.1, 0.15) is 29.4 Å². The molecule has 0 aliphatic carbocycles. The molecule has 1 saturated heterocycles. The van der Waals surface area contributed by atoms with Crippen LogP contribution in [0.5, 0.6) is 0 Å². The Morgan fingerprint density at radius 1 is 1.65 bits per heavy atom. The van der Waals surface area contributed by atoms with E-state index < -0.39 is 5.97 Å². The third-order valence-electron chi connectivity index (χ3n) is 2.87. The van der Waals surface area contributed by atoms with Crippen molar-refractivity contribution in [1.29, 1.82) is 0 Å². The number of esters is 1. The van der Waals surface area contributed by atoms with Gasteiger partial charge in [0.25, 0.3) is 0 Å². The van der Waals surface area contributed by atoms with E-state index in [1.807, 2.05) is 0 Å². The molecule has 0 saturated carbocycles. The van der Waals surface area contributed by atoms with Gasteiger partial charge in [-0.2, -0.15) is 0 Å². The normalized spacial score (nSPS) is 20.4. The van der Waals surface area contributed by atoms with E-state index in [-0.39, 0.29) is 5.15 Å². The van der Waals surface area contributed by atoms with Crippen molar-refractivity contribution in [3.8, 4) is 0 Å². The molecule has 0 N–H and O–H groups in total. The summed E-state index contributed by atoms with van der Waals surface area (Å²) in [5.74, 6) is 0.247. The van der Waals surface area contributed by atoms with Gasteiger partial charge >= 0.3 is 5.97 Å². The first-order chi connectivity index (χ1) is 8.11. The van der Waals surface area contributed by atoms with E-state index in [1.165, 1.54) is 24.9 Å². The highest BCUT2D eigenvalue weighted by Gasteiger charge is 2.23. The molecule has 0 spiro atoms. The number of methoxy groups -OCH3 is 1. The molecule has 17 heavy (non-hydrogen) atoms. The monoisotopic (exact) mass is 274 g/mol. The lowest BCUT2D eigenvalue weighted by Gasteiger charge is -2.30. The van der Waals surface area contributed by atoms with Gasteiger partial charge < -0.3 is 9.64 Å². The number of carbonyl (C=O) groups excluding carboxylic acids is 1. The molecule has 4 nitrogen and oxygen atoms in total. The predicted molar refractivity (Wildman–Crippen MR) is 69.1 cm³/mol. The molecule has 2 heterocycles. The van der Waals surface area contributed by atoms with Gasteiger partial charge in [0.15, 0.2) is 15.2 Å². The summed E-state index contributed by atoms with van der Waals surface area (Å²) in [5.41, 5.74) is 0. The summed E-state index contributed by atoms with van der Waals surface area (Å²) in [6.07, 6.45) is 2.41. The number of carbonyl (C=O) groups is 1. The average Bonchev–Trinajstić information content (AvgIpc) is 2.70. The molecule has 0 radical (unpaired) electrons. The molecule has 1 aromatic heterocycles. The Bertz CT molecular complexity index is 422. The smallest absolute Gasteiger partial charge is 0.351 e. The van der Waals surface area contributed by atoms with Crippen molar-refractivity contribution in [3.63, 3.8) is 0 Å². The fourth-order valence-electron chi connectivity index (χ4n) is 2.01. The quantitative estimate of drug-likeness (QED) is 0.778. The predicted octanol–water partition coefficient (Wildman–Crippen LogP) is 2.82. The highest BCUT2D eigenvalue weighted by Crippen LogP contribution is 2.32. The van der Waals surface area contributed by atoms with E-state index in [0.717, 1.165) is 24.6 Å². The largest absolute Gasteiger partial charge is 0.465 e. The maximum atomic E-state index is 11.4. The molecule has 1 fully saturated rings. The molecule has 1 aliphatic rings. The topological polar surface area (TPSA) is 42.4 Å². The number of nitrogens with zero attached hydrogens (tertiary/aromatic N) is 2. The van der Waals surface area contributed by atoms with Crippen LogP contribution in [0.4, 0.5) is 5.13 Å². The van der Waals surface area contributed by atoms with Gasteiger partial charge in [-0.15, -0.1) is 0 Å². The maximum Gasteiger partial charge on any atom is 0.351 e. The zero-order valence-corrected chi connectivity index (χ0v) is 11.5. The minimum atomic E-state index is -0.413. The maximum absolute atomic E-state index is 11.4. The van der Waals surface area contributed by atoms with Crippen LogP contribution in [0, 0.1) is 5.92 Å². The summed E-state index contributed by atoms with van der Waals surface area (Å²) in [6.45, 7) is 4.18. The fourth-order valence-corrected chi connectivity index (χ4v) is 3.24. The number of hydrogen-bond donors (Lipinski definition) is 0. The van der Waals surface area contributed by atoms with Gasteiger partial charge in [0.2, 0.25) is 0 Å². The van der Waals surface area contributed by atoms with Crippen molar-refractivity contribution in [3.05, 3.63) is 10.0 Å². The number of rotatable bonds is 2. The van der Waals surface area contributed by atoms with E-state index in [0.29, 0.717) is 10.8 Å². The number of hydrogen-bond acceptors (Lipinski definition) is 5. The van der Waals surface area contributed by atoms with Crippen LogP contribution in [0.2, 0.25) is 5.15 Å². The van der Waals surface area contributed by atoms with E-state index >= 15 is 0 Å². The molecule has 0 aromatic carbocycles. The van der Waals surface area contributed by atoms with Gasteiger partial charge in [-0.3, -0.25) is 0 Å². The standard InChI is InChI=1S/C11H15ClN2O2S/c1-7-4-3-5-14(6-7)11-13-9(12)8(17-11)10(15)16-2/h7H,3-6H2,1-2H3. The number of ether oxygens (including phenoxy) is 1. The first-order valence-corrected chi connectivity index (χ1v) is 6.81. The molecular weight excluding hydrogens is 260 g/mol. The molecule has 1 aliphatic heterocycles. The Kier molecular flexibility index (Phi) is 3.89. The Morgan fingerprint density at radius 3 is 3.06 bits per heavy atom. The summed E-state index contributed by atoms with van der Waals surface area (Å²) < 4.78 is 4.67. The summed E-state index contributed by atoms with van der Waals surface area (Å²) >= 11 is 7.26. The van der Waals surface area contributed by atoms with Crippen LogP contribution in [0.15, 0.2) is 0 Å². The van der Waals surface area contributed by atoms with Crippen LogP contribution in [0.3, 0.4) is 0 Å². The minimum absolute atomic E-state index is 0.245. The van der Waals surface area contributed by atoms with E-state index in [4.69, 9.17) is 11.6 Å². The number of piperidine rings is 1. The molecule has 1 atom stereocenters. The summed E-state index contributed by atoms with van der Waals surface area (Å²) in [4.78, 5) is 18.3. The minimum Gasteiger partial charge on any atom is -0.465 e. The SMILES string of the molecule is COC(=O)c1sc(N2CCCC(C)C2)nc1Cl. The van der Waals surface area contributed by atoms with Crippen molar-refractivity contribution in [2.45, 2.75) is 19.8 Å². The summed E-state index contributed by atoms with van der Waals surface area (Å²) in [7, 11) is 1.35. The Labute approximate surface area is 110 Å². The summed E-state index contributed by atoms with van der Waals surface area (Å²) in [5, 5.41) is 1.07. The van der Waals surface area contributed by atoms with Gasteiger partial charge in [-0.05, 0) is 18.8 Å². The van der Waals surface area contributed by atoms with Gasteiger partial charge in [0, 0.05) is 13.1 Å². The highest BCUT2D eigenvalue weighted by molar-refractivity contribution is 7.18. The number of anilines is 1. The van der Waals surface area contributed by atoms with Crippen LogP contribution in [-0.2, 0) is 4.74 Å². The van der Waals surface area contributed by atoms with E-state index in [1.54, 1.807) is 0 Å². The van der Waals surface area contributed by atoms with Gasteiger partial charge in [0.05, 0.1) is 7.11 Å². The molecule has 2 rings (SSSR count). The van der Waals surface area contributed by atoms with Gasteiger partial charge in [0.1, 0.15) is 0 Å². The molecule has 94 valence electrons. The second kappa shape index (κ2) is 5.23. The van der Waals surface area contributed by atoms with Crippen LogP contribution < -0.4 is 4.90 Å². The third-order valence-corrected chi connectivity index (χ3v) is 4.35.